The van der Waals surface area contributed by atoms with E-state index in [1.54, 1.807) is 6.20 Å². The lowest BCUT2D eigenvalue weighted by molar-refractivity contribution is 0.294. The minimum Gasteiger partial charge on any atom is -0.477 e. The minimum absolute atomic E-state index is 0.452. The van der Waals surface area contributed by atoms with Gasteiger partial charge in [-0.3, -0.25) is 0 Å². The van der Waals surface area contributed by atoms with Crippen LogP contribution in [0.15, 0.2) is 16.7 Å². The Kier molecular flexibility index (Phi) is 4.90. The summed E-state index contributed by atoms with van der Waals surface area (Å²) >= 11 is 3.35. The molecule has 1 aromatic heterocycles. The van der Waals surface area contributed by atoms with Crippen molar-refractivity contribution in [2.75, 3.05) is 6.61 Å². The number of hydrogen-bond acceptors (Lipinski definition) is 3. The molecule has 0 amide bonds. The Hall–Kier alpha value is -0.610. The number of pyridine rings is 1. The van der Waals surface area contributed by atoms with E-state index < -0.39 is 0 Å². The van der Waals surface area contributed by atoms with E-state index in [0.717, 1.165) is 22.9 Å². The molecule has 0 unspecified atom stereocenters. The largest absolute Gasteiger partial charge is 0.477 e. The Balaban J connectivity index is 2.65. The van der Waals surface area contributed by atoms with Crippen molar-refractivity contribution in [3.8, 4) is 5.88 Å². The lowest BCUT2D eigenvalue weighted by Crippen LogP contribution is -2.05. The molecular weight excluding hydrogens is 244 g/mol. The first-order valence-corrected chi connectivity index (χ1v) is 5.54. The SMILES string of the molecule is CCCCOc1ncc(Br)cc1CN. The number of hydrogen-bond donors (Lipinski definition) is 1. The van der Waals surface area contributed by atoms with Gasteiger partial charge in [0.1, 0.15) is 0 Å². The van der Waals surface area contributed by atoms with E-state index in [0.29, 0.717) is 19.0 Å². The first kappa shape index (κ1) is 11.5. The van der Waals surface area contributed by atoms with Gasteiger partial charge >= 0.3 is 0 Å². The third-order valence-corrected chi connectivity index (χ3v) is 2.28. The molecule has 3 nitrogen and oxygen atoms in total. The fourth-order valence-corrected chi connectivity index (χ4v) is 1.44. The summed E-state index contributed by atoms with van der Waals surface area (Å²) in [5.41, 5.74) is 6.52. The van der Waals surface area contributed by atoms with E-state index >= 15 is 0 Å². The highest BCUT2D eigenvalue weighted by molar-refractivity contribution is 9.10. The van der Waals surface area contributed by atoms with E-state index in [-0.39, 0.29) is 0 Å². The van der Waals surface area contributed by atoms with Gasteiger partial charge in [-0.25, -0.2) is 4.98 Å². The fourth-order valence-electron chi connectivity index (χ4n) is 1.06. The minimum atomic E-state index is 0.452. The highest BCUT2D eigenvalue weighted by Gasteiger charge is 2.03. The molecule has 0 fully saturated rings. The third-order valence-electron chi connectivity index (χ3n) is 1.85. The number of nitrogens with zero attached hydrogens (tertiary/aromatic N) is 1. The van der Waals surface area contributed by atoms with Crippen molar-refractivity contribution in [3.63, 3.8) is 0 Å². The molecule has 0 spiro atoms. The van der Waals surface area contributed by atoms with Crippen LogP contribution in [-0.2, 0) is 6.54 Å². The Labute approximate surface area is 92.8 Å². The molecule has 0 aliphatic heterocycles. The quantitative estimate of drug-likeness (QED) is 0.826. The molecule has 14 heavy (non-hydrogen) atoms. The molecule has 78 valence electrons. The molecular formula is C10H15BrN2O. The summed E-state index contributed by atoms with van der Waals surface area (Å²) in [6.45, 7) is 3.29. The number of halogens is 1. The maximum atomic E-state index is 5.58. The van der Waals surface area contributed by atoms with Crippen molar-refractivity contribution in [2.45, 2.75) is 26.3 Å². The number of aromatic nitrogens is 1. The van der Waals surface area contributed by atoms with Crippen molar-refractivity contribution in [1.82, 2.24) is 4.98 Å². The predicted molar refractivity (Wildman–Crippen MR) is 60.2 cm³/mol. The summed E-state index contributed by atoms with van der Waals surface area (Å²) in [5.74, 6) is 0.657. The zero-order valence-corrected chi connectivity index (χ0v) is 9.88. The zero-order chi connectivity index (χ0) is 10.4. The van der Waals surface area contributed by atoms with Gasteiger partial charge in [-0.2, -0.15) is 0 Å². The van der Waals surface area contributed by atoms with Gasteiger partial charge in [0, 0.05) is 22.8 Å². The molecule has 1 aromatic rings. The van der Waals surface area contributed by atoms with Crippen LogP contribution in [-0.4, -0.2) is 11.6 Å². The van der Waals surface area contributed by atoms with Crippen molar-refractivity contribution in [2.24, 2.45) is 5.73 Å². The standard InChI is InChI=1S/C10H15BrN2O/c1-2-3-4-14-10-8(6-12)5-9(11)7-13-10/h5,7H,2-4,6,12H2,1H3. The second kappa shape index (κ2) is 5.98. The molecule has 0 aliphatic carbocycles. The highest BCUT2D eigenvalue weighted by atomic mass is 79.9. The van der Waals surface area contributed by atoms with Gasteiger partial charge in [0.15, 0.2) is 0 Å². The molecule has 0 radical (unpaired) electrons. The van der Waals surface area contributed by atoms with Crippen LogP contribution in [0.4, 0.5) is 0 Å². The predicted octanol–water partition coefficient (Wildman–Crippen LogP) is 2.48. The van der Waals surface area contributed by atoms with Gasteiger partial charge in [0.05, 0.1) is 6.61 Å². The monoisotopic (exact) mass is 258 g/mol. The first-order valence-electron chi connectivity index (χ1n) is 4.75. The van der Waals surface area contributed by atoms with Crippen LogP contribution in [0.1, 0.15) is 25.3 Å². The van der Waals surface area contributed by atoms with Crippen LogP contribution >= 0.6 is 15.9 Å². The summed E-state index contributed by atoms with van der Waals surface area (Å²) in [6.07, 6.45) is 3.89. The van der Waals surface area contributed by atoms with Gasteiger partial charge in [-0.05, 0) is 28.4 Å². The van der Waals surface area contributed by atoms with Crippen LogP contribution < -0.4 is 10.5 Å². The molecule has 0 saturated heterocycles. The molecule has 0 aliphatic rings. The zero-order valence-electron chi connectivity index (χ0n) is 8.29. The van der Waals surface area contributed by atoms with E-state index in [4.69, 9.17) is 10.5 Å². The van der Waals surface area contributed by atoms with Crippen molar-refractivity contribution in [1.29, 1.82) is 0 Å². The van der Waals surface area contributed by atoms with Gasteiger partial charge in [0.25, 0.3) is 0 Å². The van der Waals surface area contributed by atoms with E-state index in [1.165, 1.54) is 0 Å². The van der Waals surface area contributed by atoms with Crippen LogP contribution in [0.5, 0.6) is 5.88 Å². The van der Waals surface area contributed by atoms with E-state index in [9.17, 15) is 0 Å². The molecule has 0 atom stereocenters. The van der Waals surface area contributed by atoms with Gasteiger partial charge < -0.3 is 10.5 Å². The van der Waals surface area contributed by atoms with Crippen LogP contribution in [0, 0.1) is 0 Å². The average Bonchev–Trinajstić information content (AvgIpc) is 2.20. The van der Waals surface area contributed by atoms with Crippen molar-refractivity contribution in [3.05, 3.63) is 22.3 Å². The van der Waals surface area contributed by atoms with E-state index in [1.807, 2.05) is 6.07 Å². The number of unbranched alkanes of at least 4 members (excludes halogenated alkanes) is 1. The topological polar surface area (TPSA) is 48.1 Å². The third kappa shape index (κ3) is 3.27. The molecule has 1 heterocycles. The molecule has 2 N–H and O–H groups in total. The highest BCUT2D eigenvalue weighted by Crippen LogP contribution is 2.19. The number of nitrogens with two attached hydrogens (primary N) is 1. The van der Waals surface area contributed by atoms with Gasteiger partial charge in [-0.1, -0.05) is 13.3 Å². The van der Waals surface area contributed by atoms with Gasteiger partial charge in [0.2, 0.25) is 5.88 Å². The molecule has 4 heteroatoms. The summed E-state index contributed by atoms with van der Waals surface area (Å²) in [5, 5.41) is 0. The average molecular weight is 259 g/mol. The van der Waals surface area contributed by atoms with Crippen molar-refractivity contribution < 1.29 is 4.74 Å². The lowest BCUT2D eigenvalue weighted by atomic mass is 10.3. The van der Waals surface area contributed by atoms with Crippen molar-refractivity contribution >= 4 is 15.9 Å². The maximum absolute atomic E-state index is 5.58. The molecule has 0 bridgehead atoms. The normalized spacial score (nSPS) is 10.2. The summed E-state index contributed by atoms with van der Waals surface area (Å²) < 4.78 is 6.44. The van der Waals surface area contributed by atoms with Crippen LogP contribution in [0.2, 0.25) is 0 Å². The Morgan fingerprint density at radius 3 is 3.00 bits per heavy atom. The summed E-state index contributed by atoms with van der Waals surface area (Å²) in [4.78, 5) is 4.17. The smallest absolute Gasteiger partial charge is 0.217 e. The Morgan fingerprint density at radius 2 is 2.36 bits per heavy atom. The summed E-state index contributed by atoms with van der Waals surface area (Å²) in [6, 6.07) is 1.94. The van der Waals surface area contributed by atoms with Crippen LogP contribution in [0.3, 0.4) is 0 Å². The van der Waals surface area contributed by atoms with Crippen LogP contribution in [0.25, 0.3) is 0 Å². The Bertz CT molecular complexity index is 291. The molecule has 0 saturated carbocycles. The fraction of sp³-hybridized carbons (Fsp3) is 0.500. The molecule has 1 rings (SSSR count). The second-order valence-corrected chi connectivity index (χ2v) is 3.94. The second-order valence-electron chi connectivity index (χ2n) is 3.02. The summed E-state index contributed by atoms with van der Waals surface area (Å²) in [7, 11) is 0. The van der Waals surface area contributed by atoms with E-state index in [2.05, 4.69) is 27.8 Å². The maximum Gasteiger partial charge on any atom is 0.217 e. The Morgan fingerprint density at radius 1 is 1.57 bits per heavy atom. The lowest BCUT2D eigenvalue weighted by Gasteiger charge is -2.08. The van der Waals surface area contributed by atoms with Gasteiger partial charge in [-0.15, -0.1) is 0 Å². The molecule has 0 aromatic carbocycles. The number of ether oxygens (including phenoxy) is 1. The number of rotatable bonds is 5. The first-order chi connectivity index (χ1) is 6.77.